The second-order valence-corrected chi connectivity index (χ2v) is 12.6. The van der Waals surface area contributed by atoms with E-state index in [1.807, 2.05) is 13.8 Å². The Labute approximate surface area is 240 Å². The Balaban J connectivity index is 0.000000892. The first-order valence-electron chi connectivity index (χ1n) is 13.0. The van der Waals surface area contributed by atoms with Crippen LogP contribution in [-0.4, -0.2) is 65.4 Å². The van der Waals surface area contributed by atoms with E-state index in [4.69, 9.17) is 20.8 Å². The minimum absolute atomic E-state index is 0.00847. The summed E-state index contributed by atoms with van der Waals surface area (Å²) in [6.07, 6.45) is -1.67. The predicted molar refractivity (Wildman–Crippen MR) is 146 cm³/mol. The first kappa shape index (κ1) is 33.0. The number of alkyl halides is 3. The summed E-state index contributed by atoms with van der Waals surface area (Å²) in [5, 5.41) is 7.10. The van der Waals surface area contributed by atoms with Gasteiger partial charge in [-0.15, -0.1) is 0 Å². The number of primary amides is 1. The highest BCUT2D eigenvalue weighted by atomic mass is 32.2. The second kappa shape index (κ2) is 12.4. The average Bonchev–Trinajstić information content (AvgIpc) is 3.23. The Kier molecular flexibility index (Phi) is 9.74. The van der Waals surface area contributed by atoms with Crippen LogP contribution in [0.3, 0.4) is 0 Å². The van der Waals surface area contributed by atoms with Gasteiger partial charge < -0.3 is 21.5 Å². The third-order valence-electron chi connectivity index (χ3n) is 6.83. The molecular weight excluding hydrogens is 583 g/mol. The fourth-order valence-corrected chi connectivity index (χ4v) is 5.14. The van der Waals surface area contributed by atoms with Crippen molar-refractivity contribution in [3.05, 3.63) is 40.7 Å². The normalized spacial score (nSPS) is 20.1. The van der Waals surface area contributed by atoms with Crippen molar-refractivity contribution in [3.8, 4) is 5.69 Å². The lowest BCUT2D eigenvalue weighted by Crippen LogP contribution is -2.33. The molecule has 1 fully saturated rings. The van der Waals surface area contributed by atoms with E-state index < -0.39 is 50.6 Å². The molecule has 0 radical (unpaired) electrons. The quantitative estimate of drug-likeness (QED) is 0.276. The summed E-state index contributed by atoms with van der Waals surface area (Å²) in [4.78, 5) is 36.3. The largest absolute Gasteiger partial charge is 0.461 e. The molecule has 2 aromatic rings. The number of carbonyl (C=O) groups excluding carboxylic acids is 3. The molecule has 0 unspecified atom stereocenters. The van der Waals surface area contributed by atoms with Gasteiger partial charge >= 0.3 is 12.1 Å². The lowest BCUT2D eigenvalue weighted by atomic mass is 9.75. The molecule has 2 aliphatic rings. The van der Waals surface area contributed by atoms with E-state index in [0.29, 0.717) is 37.6 Å². The van der Waals surface area contributed by atoms with Crippen LogP contribution in [0.2, 0.25) is 0 Å². The maximum atomic E-state index is 13.8. The van der Waals surface area contributed by atoms with Crippen LogP contribution in [0, 0.1) is 5.41 Å². The minimum atomic E-state index is -4.80. The van der Waals surface area contributed by atoms with E-state index in [1.165, 1.54) is 18.2 Å². The highest BCUT2D eigenvalue weighted by Crippen LogP contribution is 2.42. The number of amides is 1. The Morgan fingerprint density at radius 1 is 1.19 bits per heavy atom. The molecule has 1 heterocycles. The lowest BCUT2D eigenvalue weighted by molar-refractivity contribution is -0.148. The molecule has 0 bridgehead atoms. The smallest absolute Gasteiger partial charge is 0.435 e. The van der Waals surface area contributed by atoms with Gasteiger partial charge in [-0.25, -0.2) is 4.68 Å². The van der Waals surface area contributed by atoms with Crippen LogP contribution in [0.1, 0.15) is 78.1 Å². The zero-order valence-electron chi connectivity index (χ0n) is 23.3. The van der Waals surface area contributed by atoms with Gasteiger partial charge in [0.25, 0.3) is 16.0 Å². The average molecular weight is 618 g/mol. The second-order valence-electron chi connectivity index (χ2n) is 11.2. The molecule has 42 heavy (non-hydrogen) atoms. The highest BCUT2D eigenvalue weighted by molar-refractivity contribution is 7.85. The van der Waals surface area contributed by atoms with Crippen molar-refractivity contribution < 1.29 is 45.3 Å². The number of ether oxygens (including phenoxy) is 1. The fraction of sp³-hybridized carbons (Fsp3) is 0.538. The summed E-state index contributed by atoms with van der Waals surface area (Å²) >= 11 is 0. The number of nitrogens with zero attached hydrogens (tertiary/aromatic N) is 2. The Hall–Kier alpha value is -3.50. The van der Waals surface area contributed by atoms with E-state index in [2.05, 4.69) is 10.4 Å². The third-order valence-corrected chi connectivity index (χ3v) is 6.83. The number of anilines is 1. The number of esters is 1. The van der Waals surface area contributed by atoms with Crippen LogP contribution >= 0.6 is 0 Å². The van der Waals surface area contributed by atoms with E-state index in [0.717, 1.165) is 4.68 Å². The van der Waals surface area contributed by atoms with Crippen LogP contribution in [0.15, 0.2) is 18.2 Å². The molecule has 0 spiro atoms. The molecule has 1 aromatic heterocycles. The predicted octanol–water partition coefficient (Wildman–Crippen LogP) is 2.87. The molecule has 4 rings (SSSR count). The van der Waals surface area contributed by atoms with Crippen LogP contribution in [0.25, 0.3) is 5.69 Å². The number of ketones is 1. The number of Topliss-reactive ketones (excluding diaryl/α,β-unsaturated/α-hetero) is 1. The van der Waals surface area contributed by atoms with Gasteiger partial charge in [-0.1, -0.05) is 13.8 Å². The van der Waals surface area contributed by atoms with Gasteiger partial charge in [0.15, 0.2) is 11.5 Å². The molecule has 1 saturated carbocycles. The Morgan fingerprint density at radius 2 is 1.79 bits per heavy atom. The lowest BCUT2D eigenvalue weighted by Gasteiger charge is -2.30. The zero-order chi connectivity index (χ0) is 31.6. The number of carbonyl (C=O) groups is 3. The van der Waals surface area contributed by atoms with Crippen molar-refractivity contribution in [2.24, 2.45) is 16.9 Å². The number of fused-ring (bicyclic) bond motifs is 1. The van der Waals surface area contributed by atoms with Gasteiger partial charge in [0.05, 0.1) is 35.3 Å². The zero-order valence-corrected chi connectivity index (χ0v) is 24.1. The monoisotopic (exact) mass is 617 g/mol. The molecule has 232 valence electrons. The van der Waals surface area contributed by atoms with Crippen LogP contribution in [-0.2, 0) is 32.2 Å². The highest BCUT2D eigenvalue weighted by Gasteiger charge is 2.45. The molecule has 0 aliphatic heterocycles. The molecule has 0 atom stereocenters. The summed E-state index contributed by atoms with van der Waals surface area (Å²) in [5.74, 6) is -1.76. The molecule has 12 nitrogen and oxygen atoms in total. The molecule has 16 heteroatoms. The maximum Gasteiger partial charge on any atom is 0.435 e. The van der Waals surface area contributed by atoms with Gasteiger partial charge in [-0.2, -0.15) is 26.7 Å². The van der Waals surface area contributed by atoms with Crippen molar-refractivity contribution in [1.82, 2.24) is 9.78 Å². The number of hydrogen-bond donors (Lipinski definition) is 4. The number of benzene rings is 1. The number of nitrogens with two attached hydrogens (primary N) is 2. The molecule has 1 amide bonds. The van der Waals surface area contributed by atoms with Gasteiger partial charge in [-0.3, -0.25) is 18.9 Å². The van der Waals surface area contributed by atoms with E-state index in [-0.39, 0.29) is 48.5 Å². The molecule has 1 aromatic carbocycles. The summed E-state index contributed by atoms with van der Waals surface area (Å²) in [6.45, 7) is 3.45. The number of nitrogens with one attached hydrogen (secondary N) is 1. The SMILES string of the molecule is CC1(C)CC(=O)c2c(C(F)(F)F)nn(-c3ccc(C(N)=O)c(NC4CCC(OC(=O)CN)CC4)c3)c2C1.CS(=O)(=O)O. The topological polar surface area (TPSA) is 197 Å². The van der Waals surface area contributed by atoms with Crippen molar-refractivity contribution in [2.45, 2.75) is 70.7 Å². The summed E-state index contributed by atoms with van der Waals surface area (Å²) in [6, 6.07) is 4.35. The van der Waals surface area contributed by atoms with Crippen LogP contribution in [0.5, 0.6) is 0 Å². The first-order chi connectivity index (χ1) is 19.3. The van der Waals surface area contributed by atoms with Crippen molar-refractivity contribution >= 4 is 33.5 Å². The van der Waals surface area contributed by atoms with Crippen molar-refractivity contribution in [3.63, 3.8) is 0 Å². The van der Waals surface area contributed by atoms with Gasteiger partial charge in [0, 0.05) is 18.2 Å². The van der Waals surface area contributed by atoms with Crippen LogP contribution < -0.4 is 16.8 Å². The summed E-state index contributed by atoms with van der Waals surface area (Å²) < 4.78 is 73.8. The number of halogens is 3. The summed E-state index contributed by atoms with van der Waals surface area (Å²) in [5.41, 5.74) is 9.71. The van der Waals surface area contributed by atoms with Gasteiger partial charge in [-0.05, 0) is 55.7 Å². The van der Waals surface area contributed by atoms with Gasteiger partial charge in [0.2, 0.25) is 0 Å². The number of aromatic nitrogens is 2. The van der Waals surface area contributed by atoms with Crippen molar-refractivity contribution in [1.29, 1.82) is 0 Å². The molecular formula is C26H34F3N5O7S. The Bertz CT molecular complexity index is 1460. The number of hydrogen-bond acceptors (Lipinski definition) is 9. The third kappa shape index (κ3) is 8.51. The standard InChI is InChI=1S/C25H30F3N5O4.CH4O3S/c1-24(2)10-18-21(19(34)11-24)22(25(26,27)28)32-33(18)14-5-8-16(23(30)36)17(9-14)31-13-3-6-15(7-4-13)37-20(35)12-29;1-5(2,3)4/h5,8-9,13,15,31H,3-4,6-7,10-12,29H2,1-2H3,(H2,30,36);1H3,(H,2,3,4). The summed E-state index contributed by atoms with van der Waals surface area (Å²) in [7, 11) is -3.67. The molecule has 6 N–H and O–H groups in total. The first-order valence-corrected chi connectivity index (χ1v) is 14.9. The van der Waals surface area contributed by atoms with E-state index in [9.17, 15) is 36.0 Å². The van der Waals surface area contributed by atoms with E-state index in [1.54, 1.807) is 0 Å². The number of rotatable bonds is 6. The minimum Gasteiger partial charge on any atom is -0.461 e. The molecule has 0 saturated heterocycles. The van der Waals surface area contributed by atoms with E-state index >= 15 is 0 Å². The Morgan fingerprint density at radius 3 is 2.31 bits per heavy atom. The van der Waals surface area contributed by atoms with Gasteiger partial charge in [0.1, 0.15) is 6.10 Å². The maximum absolute atomic E-state index is 13.8. The van der Waals surface area contributed by atoms with Crippen molar-refractivity contribution in [2.75, 3.05) is 18.1 Å². The fourth-order valence-electron chi connectivity index (χ4n) is 5.14. The molecule has 2 aliphatic carbocycles. The van der Waals surface area contributed by atoms with Crippen LogP contribution in [0.4, 0.5) is 18.9 Å².